The Labute approximate surface area is 89.6 Å². The average Bonchev–Trinajstić information content (AvgIpc) is 2.94. The molecule has 1 aliphatic heterocycles. The highest BCUT2D eigenvalue weighted by atomic mass is 16.5. The molecule has 1 heterocycles. The van der Waals surface area contributed by atoms with E-state index in [-0.39, 0.29) is 11.9 Å². The zero-order valence-corrected chi connectivity index (χ0v) is 9.37. The van der Waals surface area contributed by atoms with Crippen molar-refractivity contribution >= 4 is 11.9 Å². The van der Waals surface area contributed by atoms with Crippen LogP contribution in [-0.2, 0) is 14.3 Å². The predicted octanol–water partition coefficient (Wildman–Crippen LogP) is -0.338. The maximum absolute atomic E-state index is 11.4. The Bertz CT molecular complexity index is 253. The van der Waals surface area contributed by atoms with Crippen molar-refractivity contribution in [3.63, 3.8) is 0 Å². The van der Waals surface area contributed by atoms with Crippen LogP contribution in [0.5, 0.6) is 0 Å². The molecule has 5 nitrogen and oxygen atoms in total. The van der Waals surface area contributed by atoms with Crippen LogP contribution in [0.15, 0.2) is 0 Å². The number of carbonyl (C=O) groups is 2. The van der Waals surface area contributed by atoms with Crippen molar-refractivity contribution in [2.45, 2.75) is 32.9 Å². The van der Waals surface area contributed by atoms with Gasteiger partial charge < -0.3 is 10.1 Å². The number of hydrogen-bond donors (Lipinski definition) is 2. The molecule has 0 saturated carbocycles. The molecule has 0 spiro atoms. The van der Waals surface area contributed by atoms with Crippen molar-refractivity contribution in [1.82, 2.24) is 10.6 Å². The molecule has 1 fully saturated rings. The molecule has 15 heavy (non-hydrogen) atoms. The van der Waals surface area contributed by atoms with Gasteiger partial charge in [0.05, 0.1) is 6.61 Å². The molecule has 0 aliphatic carbocycles. The first-order chi connectivity index (χ1) is 7.06. The van der Waals surface area contributed by atoms with E-state index in [0.29, 0.717) is 19.1 Å². The van der Waals surface area contributed by atoms with Gasteiger partial charge in [-0.15, -0.1) is 0 Å². The van der Waals surface area contributed by atoms with Crippen LogP contribution in [0.2, 0.25) is 0 Å². The van der Waals surface area contributed by atoms with Gasteiger partial charge in [-0.05, 0) is 12.8 Å². The van der Waals surface area contributed by atoms with E-state index in [1.54, 1.807) is 6.92 Å². The van der Waals surface area contributed by atoms with Crippen LogP contribution in [-0.4, -0.2) is 37.1 Å². The van der Waals surface area contributed by atoms with Gasteiger partial charge in [0.15, 0.2) is 0 Å². The SMILES string of the molecule is CCOC(=O)[C@H]1N[C@@H]1C(=O)NCC(C)C. The van der Waals surface area contributed by atoms with Gasteiger partial charge >= 0.3 is 5.97 Å². The van der Waals surface area contributed by atoms with Gasteiger partial charge in [0.2, 0.25) is 5.91 Å². The summed E-state index contributed by atoms with van der Waals surface area (Å²) in [7, 11) is 0. The molecule has 0 unspecified atom stereocenters. The topological polar surface area (TPSA) is 77.3 Å². The molecule has 86 valence electrons. The van der Waals surface area contributed by atoms with Crippen molar-refractivity contribution in [2.75, 3.05) is 13.2 Å². The van der Waals surface area contributed by atoms with Gasteiger partial charge in [0.25, 0.3) is 0 Å². The third kappa shape index (κ3) is 3.51. The summed E-state index contributed by atoms with van der Waals surface area (Å²) in [6.07, 6.45) is 0. The molecule has 1 saturated heterocycles. The molecule has 2 N–H and O–H groups in total. The molecule has 0 aromatic carbocycles. The molecule has 0 aromatic heterocycles. The van der Waals surface area contributed by atoms with Crippen LogP contribution in [0.3, 0.4) is 0 Å². The first-order valence-corrected chi connectivity index (χ1v) is 5.26. The lowest BCUT2D eigenvalue weighted by Crippen LogP contribution is -2.33. The summed E-state index contributed by atoms with van der Waals surface area (Å²) in [4.78, 5) is 22.6. The molecule has 0 radical (unpaired) electrons. The van der Waals surface area contributed by atoms with Crippen molar-refractivity contribution in [2.24, 2.45) is 5.92 Å². The predicted molar refractivity (Wildman–Crippen MR) is 55.2 cm³/mol. The summed E-state index contributed by atoms with van der Waals surface area (Å²) in [5, 5.41) is 5.55. The van der Waals surface area contributed by atoms with Crippen LogP contribution >= 0.6 is 0 Å². The molecule has 1 aliphatic rings. The number of ether oxygens (including phenoxy) is 1. The summed E-state index contributed by atoms with van der Waals surface area (Å²) in [6.45, 7) is 6.75. The summed E-state index contributed by atoms with van der Waals surface area (Å²) >= 11 is 0. The van der Waals surface area contributed by atoms with Gasteiger partial charge in [0, 0.05) is 6.54 Å². The minimum Gasteiger partial charge on any atom is -0.465 e. The Kier molecular flexibility index (Phi) is 4.08. The Morgan fingerprint density at radius 2 is 2.07 bits per heavy atom. The van der Waals surface area contributed by atoms with Gasteiger partial charge in [-0.2, -0.15) is 0 Å². The Morgan fingerprint density at radius 1 is 1.40 bits per heavy atom. The minimum atomic E-state index is -0.447. The summed E-state index contributed by atoms with van der Waals surface area (Å²) in [6, 6.07) is -0.847. The van der Waals surface area contributed by atoms with Crippen LogP contribution in [0, 0.1) is 5.92 Å². The van der Waals surface area contributed by atoms with Gasteiger partial charge in [-0.3, -0.25) is 14.9 Å². The monoisotopic (exact) mass is 214 g/mol. The quantitative estimate of drug-likeness (QED) is 0.485. The maximum atomic E-state index is 11.4. The molecular weight excluding hydrogens is 196 g/mol. The standard InChI is InChI=1S/C10H18N2O3/c1-4-15-10(14)8-7(12-8)9(13)11-5-6(2)3/h6-8,12H,4-5H2,1-3H3,(H,11,13)/t7-,8-/m0/s1. The second-order valence-corrected chi connectivity index (χ2v) is 4.01. The van der Waals surface area contributed by atoms with Crippen molar-refractivity contribution in [1.29, 1.82) is 0 Å². The number of rotatable bonds is 5. The van der Waals surface area contributed by atoms with Crippen molar-refractivity contribution in [3.05, 3.63) is 0 Å². The van der Waals surface area contributed by atoms with E-state index in [1.165, 1.54) is 0 Å². The highest BCUT2D eigenvalue weighted by Gasteiger charge is 2.48. The fourth-order valence-corrected chi connectivity index (χ4v) is 1.22. The number of esters is 1. The van der Waals surface area contributed by atoms with E-state index < -0.39 is 12.1 Å². The highest BCUT2D eigenvalue weighted by Crippen LogP contribution is 2.12. The lowest BCUT2D eigenvalue weighted by atomic mass is 10.2. The number of nitrogens with one attached hydrogen (secondary N) is 2. The molecule has 1 amide bonds. The fraction of sp³-hybridized carbons (Fsp3) is 0.800. The molecule has 0 aromatic rings. The molecule has 1 rings (SSSR count). The van der Waals surface area contributed by atoms with Crippen molar-refractivity contribution < 1.29 is 14.3 Å². The first kappa shape index (κ1) is 12.0. The Morgan fingerprint density at radius 3 is 2.60 bits per heavy atom. The first-order valence-electron chi connectivity index (χ1n) is 5.26. The second-order valence-electron chi connectivity index (χ2n) is 4.01. The van der Waals surface area contributed by atoms with Crippen LogP contribution < -0.4 is 10.6 Å². The van der Waals surface area contributed by atoms with E-state index in [2.05, 4.69) is 10.6 Å². The van der Waals surface area contributed by atoms with Crippen LogP contribution in [0.1, 0.15) is 20.8 Å². The lowest BCUT2D eigenvalue weighted by molar-refractivity contribution is -0.143. The highest BCUT2D eigenvalue weighted by molar-refractivity contribution is 5.95. The fourth-order valence-electron chi connectivity index (χ4n) is 1.22. The maximum Gasteiger partial charge on any atom is 0.325 e. The Hall–Kier alpha value is -1.10. The van der Waals surface area contributed by atoms with E-state index in [0.717, 1.165) is 0 Å². The summed E-state index contributed by atoms with van der Waals surface area (Å²) < 4.78 is 4.79. The number of hydrogen-bond acceptors (Lipinski definition) is 4. The van der Waals surface area contributed by atoms with E-state index in [4.69, 9.17) is 4.74 Å². The minimum absolute atomic E-state index is 0.123. The summed E-state index contributed by atoms with van der Waals surface area (Å²) in [5.41, 5.74) is 0. The van der Waals surface area contributed by atoms with Crippen LogP contribution in [0.4, 0.5) is 0 Å². The van der Waals surface area contributed by atoms with Crippen LogP contribution in [0.25, 0.3) is 0 Å². The second kappa shape index (κ2) is 5.11. The van der Waals surface area contributed by atoms with Gasteiger partial charge in [-0.25, -0.2) is 0 Å². The Balaban J connectivity index is 2.24. The van der Waals surface area contributed by atoms with Gasteiger partial charge in [0.1, 0.15) is 12.1 Å². The molecule has 5 heteroatoms. The van der Waals surface area contributed by atoms with E-state index >= 15 is 0 Å². The third-order valence-electron chi connectivity index (χ3n) is 2.09. The third-order valence-corrected chi connectivity index (χ3v) is 2.09. The number of carbonyl (C=O) groups excluding carboxylic acids is 2. The smallest absolute Gasteiger partial charge is 0.325 e. The normalized spacial score (nSPS) is 23.7. The largest absolute Gasteiger partial charge is 0.465 e. The zero-order valence-electron chi connectivity index (χ0n) is 9.37. The van der Waals surface area contributed by atoms with Gasteiger partial charge in [-0.1, -0.05) is 13.8 Å². The van der Waals surface area contributed by atoms with Crippen molar-refractivity contribution in [3.8, 4) is 0 Å². The lowest BCUT2D eigenvalue weighted by Gasteiger charge is -2.05. The number of amides is 1. The molecular formula is C10H18N2O3. The van der Waals surface area contributed by atoms with E-state index in [9.17, 15) is 9.59 Å². The zero-order chi connectivity index (χ0) is 11.4. The summed E-state index contributed by atoms with van der Waals surface area (Å²) in [5.74, 6) is -0.0577. The van der Waals surface area contributed by atoms with E-state index in [1.807, 2.05) is 13.8 Å². The molecule has 2 atom stereocenters. The molecule has 0 bridgehead atoms. The average molecular weight is 214 g/mol.